The lowest BCUT2D eigenvalue weighted by atomic mass is 10.2. The van der Waals surface area contributed by atoms with E-state index in [9.17, 15) is 13.2 Å². The Morgan fingerprint density at radius 1 is 1.00 bits per heavy atom. The summed E-state index contributed by atoms with van der Waals surface area (Å²) in [7, 11) is -2.76. The number of para-hydroxylation sites is 1. The largest absolute Gasteiger partial charge is 0.495 e. The van der Waals surface area contributed by atoms with Gasteiger partial charge in [-0.1, -0.05) is 46.9 Å². The number of benzene rings is 2. The molecule has 156 valence electrons. The van der Waals surface area contributed by atoms with E-state index in [2.05, 4.69) is 15.0 Å². The van der Waals surface area contributed by atoms with Crippen LogP contribution in [0.1, 0.15) is 10.5 Å². The number of ether oxygens (including phenoxy) is 1. The molecule has 0 fully saturated rings. The molecule has 2 N–H and O–H groups in total. The number of aromatic nitrogens is 1. The molecule has 30 heavy (non-hydrogen) atoms. The summed E-state index contributed by atoms with van der Waals surface area (Å²) in [4.78, 5) is 16.2. The van der Waals surface area contributed by atoms with E-state index in [-0.39, 0.29) is 42.9 Å². The fourth-order valence-electron chi connectivity index (χ4n) is 2.48. The van der Waals surface area contributed by atoms with Crippen LogP contribution < -0.4 is 14.8 Å². The molecule has 3 rings (SSSR count). The first-order valence-electron chi connectivity index (χ1n) is 8.30. The predicted molar refractivity (Wildman–Crippen MR) is 117 cm³/mol. The van der Waals surface area contributed by atoms with Crippen molar-refractivity contribution >= 4 is 62.1 Å². The third kappa shape index (κ3) is 4.96. The van der Waals surface area contributed by atoms with Gasteiger partial charge in [-0.2, -0.15) is 0 Å². The average Bonchev–Trinajstić information content (AvgIpc) is 2.71. The molecule has 0 bridgehead atoms. The Labute approximate surface area is 188 Å². The Kier molecular flexibility index (Phi) is 6.72. The van der Waals surface area contributed by atoms with Crippen LogP contribution in [0, 0.1) is 0 Å². The van der Waals surface area contributed by atoms with Gasteiger partial charge in [0.15, 0.2) is 0 Å². The quantitative estimate of drug-likeness (QED) is 0.472. The van der Waals surface area contributed by atoms with Crippen LogP contribution in [0.4, 0.5) is 11.4 Å². The second-order valence-electron chi connectivity index (χ2n) is 5.87. The highest BCUT2D eigenvalue weighted by Gasteiger charge is 2.22. The maximum Gasteiger partial charge on any atom is 0.275 e. The van der Waals surface area contributed by atoms with E-state index in [0.717, 1.165) is 0 Å². The molecule has 1 heterocycles. The zero-order chi connectivity index (χ0) is 21.9. The topological polar surface area (TPSA) is 97.4 Å². The van der Waals surface area contributed by atoms with Crippen molar-refractivity contribution in [2.75, 3.05) is 17.1 Å². The number of amides is 1. The van der Waals surface area contributed by atoms with Gasteiger partial charge in [0.25, 0.3) is 15.9 Å². The SMILES string of the molecule is COc1ccc(NC(=O)c2nc(Cl)ccc2Cl)cc1S(=O)(=O)Nc1ccccc1Cl. The van der Waals surface area contributed by atoms with E-state index in [1.807, 2.05) is 0 Å². The molecule has 0 spiro atoms. The lowest BCUT2D eigenvalue weighted by molar-refractivity contribution is 0.102. The Bertz CT molecular complexity index is 1220. The van der Waals surface area contributed by atoms with Crippen LogP contribution in [0.5, 0.6) is 5.75 Å². The van der Waals surface area contributed by atoms with E-state index < -0.39 is 15.9 Å². The number of nitrogens with one attached hydrogen (secondary N) is 2. The minimum atomic E-state index is -4.09. The van der Waals surface area contributed by atoms with Crippen LogP contribution in [0.2, 0.25) is 15.2 Å². The van der Waals surface area contributed by atoms with Gasteiger partial charge in [-0.3, -0.25) is 9.52 Å². The molecular formula is C19H14Cl3N3O4S. The molecule has 0 unspecified atom stereocenters. The third-order valence-electron chi connectivity index (χ3n) is 3.86. The number of halogens is 3. The molecule has 7 nitrogen and oxygen atoms in total. The first kappa shape index (κ1) is 22.2. The highest BCUT2D eigenvalue weighted by molar-refractivity contribution is 7.92. The number of pyridine rings is 1. The smallest absolute Gasteiger partial charge is 0.275 e. The molecule has 0 atom stereocenters. The number of carbonyl (C=O) groups is 1. The normalized spacial score (nSPS) is 11.1. The lowest BCUT2D eigenvalue weighted by Crippen LogP contribution is -2.17. The number of carbonyl (C=O) groups excluding carboxylic acids is 1. The van der Waals surface area contributed by atoms with Crippen molar-refractivity contribution in [3.05, 3.63) is 75.5 Å². The fourth-order valence-corrected chi connectivity index (χ4v) is 4.33. The summed E-state index contributed by atoms with van der Waals surface area (Å²) in [6.07, 6.45) is 0. The zero-order valence-corrected chi connectivity index (χ0v) is 18.4. The van der Waals surface area contributed by atoms with Crippen LogP contribution in [0.15, 0.2) is 59.5 Å². The molecule has 0 aliphatic heterocycles. The minimum Gasteiger partial charge on any atom is -0.495 e. The Hall–Kier alpha value is -2.52. The Balaban J connectivity index is 1.94. The molecule has 0 aliphatic rings. The summed E-state index contributed by atoms with van der Waals surface area (Å²) in [6, 6.07) is 13.4. The van der Waals surface area contributed by atoms with Crippen LogP contribution >= 0.6 is 34.8 Å². The van der Waals surface area contributed by atoms with E-state index in [4.69, 9.17) is 39.5 Å². The van der Waals surface area contributed by atoms with Gasteiger partial charge in [-0.25, -0.2) is 13.4 Å². The minimum absolute atomic E-state index is 0.0754. The van der Waals surface area contributed by atoms with Crippen LogP contribution in [-0.4, -0.2) is 26.4 Å². The monoisotopic (exact) mass is 485 g/mol. The van der Waals surface area contributed by atoms with Crippen molar-refractivity contribution < 1.29 is 17.9 Å². The Morgan fingerprint density at radius 2 is 1.73 bits per heavy atom. The summed E-state index contributed by atoms with van der Waals surface area (Å²) in [5, 5.41) is 2.96. The fraction of sp³-hybridized carbons (Fsp3) is 0.0526. The summed E-state index contributed by atoms with van der Waals surface area (Å²) in [5.41, 5.74) is 0.280. The number of anilines is 2. The molecule has 0 saturated heterocycles. The molecule has 1 amide bonds. The first-order valence-corrected chi connectivity index (χ1v) is 10.9. The zero-order valence-electron chi connectivity index (χ0n) is 15.3. The van der Waals surface area contributed by atoms with Crippen molar-refractivity contribution in [3.8, 4) is 5.75 Å². The number of sulfonamides is 1. The van der Waals surface area contributed by atoms with Gasteiger partial charge in [-0.15, -0.1) is 0 Å². The highest BCUT2D eigenvalue weighted by atomic mass is 35.5. The van der Waals surface area contributed by atoms with Gasteiger partial charge >= 0.3 is 0 Å². The van der Waals surface area contributed by atoms with Crippen molar-refractivity contribution in [2.24, 2.45) is 0 Å². The number of hydrogen-bond donors (Lipinski definition) is 2. The third-order valence-corrected chi connectivity index (χ3v) is 6.09. The van der Waals surface area contributed by atoms with E-state index >= 15 is 0 Å². The summed E-state index contributed by atoms with van der Waals surface area (Å²) in [6.45, 7) is 0. The van der Waals surface area contributed by atoms with Gasteiger partial charge < -0.3 is 10.1 Å². The van der Waals surface area contributed by atoms with E-state index in [1.165, 1.54) is 43.5 Å². The number of nitrogens with zero attached hydrogens (tertiary/aromatic N) is 1. The first-order chi connectivity index (χ1) is 14.2. The highest BCUT2D eigenvalue weighted by Crippen LogP contribution is 2.31. The molecule has 1 aromatic heterocycles. The summed E-state index contributed by atoms with van der Waals surface area (Å²) < 4.78 is 33.4. The van der Waals surface area contributed by atoms with Crippen molar-refractivity contribution in [1.29, 1.82) is 0 Å². The van der Waals surface area contributed by atoms with Gasteiger partial charge in [0.1, 0.15) is 21.5 Å². The lowest BCUT2D eigenvalue weighted by Gasteiger charge is -2.14. The standard InChI is InChI=1S/C19H14Cl3N3O4S/c1-29-15-8-6-11(23-19(26)18-13(21)7-9-17(22)24-18)10-16(15)30(27,28)25-14-5-3-2-4-12(14)20/h2-10,25H,1H3,(H,23,26). The van der Waals surface area contributed by atoms with Gasteiger partial charge in [0.2, 0.25) is 0 Å². The van der Waals surface area contributed by atoms with Crippen molar-refractivity contribution in [1.82, 2.24) is 4.98 Å². The second-order valence-corrected chi connectivity index (χ2v) is 8.72. The van der Waals surface area contributed by atoms with E-state index in [0.29, 0.717) is 0 Å². The van der Waals surface area contributed by atoms with Crippen LogP contribution in [-0.2, 0) is 10.0 Å². The predicted octanol–water partition coefficient (Wildman–Crippen LogP) is 5.10. The molecular weight excluding hydrogens is 473 g/mol. The van der Waals surface area contributed by atoms with Crippen molar-refractivity contribution in [3.63, 3.8) is 0 Å². The molecule has 11 heteroatoms. The van der Waals surface area contributed by atoms with Crippen LogP contribution in [0.3, 0.4) is 0 Å². The molecule has 0 aliphatic carbocycles. The summed E-state index contributed by atoms with van der Waals surface area (Å²) >= 11 is 17.8. The number of methoxy groups -OCH3 is 1. The van der Waals surface area contributed by atoms with Gasteiger partial charge in [0, 0.05) is 5.69 Å². The van der Waals surface area contributed by atoms with E-state index in [1.54, 1.807) is 18.2 Å². The molecule has 2 aromatic carbocycles. The maximum absolute atomic E-state index is 12.9. The Morgan fingerprint density at radius 3 is 2.43 bits per heavy atom. The average molecular weight is 487 g/mol. The van der Waals surface area contributed by atoms with Crippen molar-refractivity contribution in [2.45, 2.75) is 4.90 Å². The van der Waals surface area contributed by atoms with Gasteiger partial charge in [-0.05, 0) is 42.5 Å². The molecule has 0 radical (unpaired) electrons. The number of rotatable bonds is 6. The number of hydrogen-bond acceptors (Lipinski definition) is 5. The van der Waals surface area contributed by atoms with Crippen LogP contribution in [0.25, 0.3) is 0 Å². The molecule has 0 saturated carbocycles. The second kappa shape index (κ2) is 9.09. The summed E-state index contributed by atoms with van der Waals surface area (Å²) in [5.74, 6) is -0.582. The van der Waals surface area contributed by atoms with Gasteiger partial charge in [0.05, 0.1) is 22.8 Å². The maximum atomic E-state index is 12.9. The molecule has 3 aromatic rings.